The van der Waals surface area contributed by atoms with Crippen molar-refractivity contribution in [2.24, 2.45) is 5.73 Å². The quantitative estimate of drug-likeness (QED) is 0.834. The van der Waals surface area contributed by atoms with Gasteiger partial charge < -0.3 is 15.6 Å². The highest BCUT2D eigenvalue weighted by Gasteiger charge is 2.18. The summed E-state index contributed by atoms with van der Waals surface area (Å²) >= 11 is 6.06. The van der Waals surface area contributed by atoms with Crippen LogP contribution < -0.4 is 10.5 Å². The van der Waals surface area contributed by atoms with Crippen molar-refractivity contribution in [2.75, 3.05) is 0 Å². The molecule has 0 aromatic heterocycles. The zero-order valence-corrected chi connectivity index (χ0v) is 11.3. The molecule has 100 valence electrons. The summed E-state index contributed by atoms with van der Waals surface area (Å²) in [7, 11) is 0. The van der Waals surface area contributed by atoms with Gasteiger partial charge in [0.25, 0.3) is 0 Å². The normalized spacial score (nSPS) is 14.0. The minimum atomic E-state index is -0.992. The summed E-state index contributed by atoms with van der Waals surface area (Å²) in [6.07, 6.45) is 0.227. The molecule has 0 saturated heterocycles. The Morgan fingerprint density at radius 2 is 2.22 bits per heavy atom. The number of nitrogens with two attached hydrogens (primary N) is 1. The molecule has 0 amide bonds. The summed E-state index contributed by atoms with van der Waals surface area (Å²) in [4.78, 5) is 10.9. The molecular formula is C13H18ClNO3. The summed E-state index contributed by atoms with van der Waals surface area (Å²) in [5.41, 5.74) is 6.71. The number of ether oxygens (including phenoxy) is 1. The van der Waals surface area contributed by atoms with E-state index in [1.165, 1.54) is 0 Å². The minimum absolute atomic E-state index is 0.0512. The van der Waals surface area contributed by atoms with Gasteiger partial charge in [-0.3, -0.25) is 0 Å². The Labute approximate surface area is 112 Å². The van der Waals surface area contributed by atoms with E-state index in [-0.39, 0.29) is 6.04 Å². The first-order chi connectivity index (χ1) is 8.43. The first kappa shape index (κ1) is 14.8. The van der Waals surface area contributed by atoms with E-state index in [2.05, 4.69) is 0 Å². The van der Waals surface area contributed by atoms with Crippen molar-refractivity contribution in [2.45, 2.75) is 38.8 Å². The lowest BCUT2D eigenvalue weighted by Gasteiger charge is -2.15. The average Bonchev–Trinajstić information content (AvgIpc) is 2.26. The second kappa shape index (κ2) is 6.61. The van der Waals surface area contributed by atoms with Crippen molar-refractivity contribution in [1.29, 1.82) is 0 Å². The van der Waals surface area contributed by atoms with Gasteiger partial charge in [0.1, 0.15) is 5.75 Å². The molecule has 4 nitrogen and oxygen atoms in total. The van der Waals surface area contributed by atoms with Crippen molar-refractivity contribution in [3.05, 3.63) is 28.8 Å². The fourth-order valence-corrected chi connectivity index (χ4v) is 1.85. The minimum Gasteiger partial charge on any atom is -0.479 e. The van der Waals surface area contributed by atoms with Crippen molar-refractivity contribution in [1.82, 2.24) is 0 Å². The van der Waals surface area contributed by atoms with E-state index in [9.17, 15) is 4.79 Å². The monoisotopic (exact) mass is 271 g/mol. The molecule has 0 bridgehead atoms. The number of halogens is 1. The maximum atomic E-state index is 10.9. The van der Waals surface area contributed by atoms with Gasteiger partial charge >= 0.3 is 5.97 Å². The molecule has 0 heterocycles. The van der Waals surface area contributed by atoms with Gasteiger partial charge in [-0.15, -0.1) is 0 Å². The van der Waals surface area contributed by atoms with Crippen LogP contribution in [0.3, 0.4) is 0 Å². The molecule has 1 aromatic carbocycles. The number of hydrogen-bond donors (Lipinski definition) is 2. The van der Waals surface area contributed by atoms with Gasteiger partial charge in [0.15, 0.2) is 6.10 Å². The summed E-state index contributed by atoms with van der Waals surface area (Å²) in [5.74, 6) is -0.604. The Morgan fingerprint density at radius 3 is 2.67 bits per heavy atom. The molecule has 5 heteroatoms. The Kier molecular flexibility index (Phi) is 5.44. The molecule has 0 aliphatic heterocycles. The molecule has 1 rings (SSSR count). The Bertz CT molecular complexity index is 421. The number of aliphatic carboxylic acids is 1. The van der Waals surface area contributed by atoms with Crippen LogP contribution >= 0.6 is 11.6 Å². The fourth-order valence-electron chi connectivity index (χ4n) is 1.60. The van der Waals surface area contributed by atoms with Crippen molar-refractivity contribution in [3.8, 4) is 5.75 Å². The molecule has 0 fully saturated rings. The third kappa shape index (κ3) is 4.20. The smallest absolute Gasteiger partial charge is 0.344 e. The van der Waals surface area contributed by atoms with Crippen LogP contribution in [0.2, 0.25) is 5.02 Å². The maximum Gasteiger partial charge on any atom is 0.344 e. The summed E-state index contributed by atoms with van der Waals surface area (Å²) in [6, 6.07) is 5.34. The standard InChI is InChI=1S/C13H18ClNO3/c1-3-11(13(16)17)18-12-5-4-9(6-8(2)15)7-10(12)14/h4-5,7-8,11H,3,6,15H2,1-2H3,(H,16,17). The second-order valence-electron chi connectivity index (χ2n) is 4.30. The highest BCUT2D eigenvalue weighted by atomic mass is 35.5. The average molecular weight is 272 g/mol. The first-order valence-corrected chi connectivity index (χ1v) is 6.25. The number of carbonyl (C=O) groups is 1. The highest BCUT2D eigenvalue weighted by molar-refractivity contribution is 6.32. The maximum absolute atomic E-state index is 10.9. The lowest BCUT2D eigenvalue weighted by Crippen LogP contribution is -2.26. The predicted molar refractivity (Wildman–Crippen MR) is 71.1 cm³/mol. The van der Waals surface area contributed by atoms with Gasteiger partial charge in [0.05, 0.1) is 5.02 Å². The molecule has 3 N–H and O–H groups in total. The van der Waals surface area contributed by atoms with E-state index in [4.69, 9.17) is 27.2 Å². The van der Waals surface area contributed by atoms with Crippen LogP contribution in [0.25, 0.3) is 0 Å². The molecule has 0 radical (unpaired) electrons. The lowest BCUT2D eigenvalue weighted by molar-refractivity contribution is -0.145. The Morgan fingerprint density at radius 1 is 1.56 bits per heavy atom. The first-order valence-electron chi connectivity index (χ1n) is 5.87. The predicted octanol–water partition coefficient (Wildman–Crippen LogP) is 2.47. The van der Waals surface area contributed by atoms with Gasteiger partial charge in [-0.2, -0.15) is 0 Å². The number of hydrogen-bond acceptors (Lipinski definition) is 3. The third-order valence-electron chi connectivity index (χ3n) is 2.47. The van der Waals surface area contributed by atoms with E-state index < -0.39 is 12.1 Å². The zero-order chi connectivity index (χ0) is 13.7. The molecule has 0 spiro atoms. The molecule has 0 saturated carbocycles. The van der Waals surface area contributed by atoms with Crippen molar-refractivity contribution < 1.29 is 14.6 Å². The molecule has 2 unspecified atom stereocenters. The zero-order valence-electron chi connectivity index (χ0n) is 10.5. The van der Waals surface area contributed by atoms with Gasteiger partial charge in [-0.1, -0.05) is 24.6 Å². The van der Waals surface area contributed by atoms with Gasteiger partial charge in [0, 0.05) is 6.04 Å². The lowest BCUT2D eigenvalue weighted by atomic mass is 10.1. The van der Waals surface area contributed by atoms with Crippen LogP contribution in [0.15, 0.2) is 18.2 Å². The van der Waals surface area contributed by atoms with E-state index in [1.807, 2.05) is 13.0 Å². The van der Waals surface area contributed by atoms with Crippen LogP contribution in [0.1, 0.15) is 25.8 Å². The molecule has 0 aliphatic rings. The Balaban J connectivity index is 2.82. The summed E-state index contributed by atoms with van der Waals surface area (Å²) in [5, 5.41) is 9.32. The van der Waals surface area contributed by atoms with Crippen LogP contribution in [0, 0.1) is 0 Å². The topological polar surface area (TPSA) is 72.5 Å². The van der Waals surface area contributed by atoms with Gasteiger partial charge in [0.2, 0.25) is 0 Å². The van der Waals surface area contributed by atoms with Crippen LogP contribution in [0.4, 0.5) is 0 Å². The third-order valence-corrected chi connectivity index (χ3v) is 2.76. The molecular weight excluding hydrogens is 254 g/mol. The number of carboxylic acids is 1. The van der Waals surface area contributed by atoms with E-state index >= 15 is 0 Å². The summed E-state index contributed by atoms with van der Waals surface area (Å²) in [6.45, 7) is 3.66. The number of benzene rings is 1. The Hall–Kier alpha value is -1.26. The van der Waals surface area contributed by atoms with Crippen molar-refractivity contribution in [3.63, 3.8) is 0 Å². The van der Waals surface area contributed by atoms with Crippen LogP contribution in [-0.4, -0.2) is 23.2 Å². The van der Waals surface area contributed by atoms with Crippen LogP contribution in [-0.2, 0) is 11.2 Å². The molecule has 2 atom stereocenters. The molecule has 18 heavy (non-hydrogen) atoms. The van der Waals surface area contributed by atoms with Crippen molar-refractivity contribution >= 4 is 17.6 Å². The fraction of sp³-hybridized carbons (Fsp3) is 0.462. The van der Waals surface area contributed by atoms with E-state index in [0.717, 1.165) is 12.0 Å². The van der Waals surface area contributed by atoms with Crippen LogP contribution in [0.5, 0.6) is 5.75 Å². The number of rotatable bonds is 6. The SMILES string of the molecule is CCC(Oc1ccc(CC(C)N)cc1Cl)C(=O)O. The molecule has 1 aromatic rings. The van der Waals surface area contributed by atoms with E-state index in [0.29, 0.717) is 17.2 Å². The summed E-state index contributed by atoms with van der Waals surface area (Å²) < 4.78 is 5.35. The van der Waals surface area contributed by atoms with E-state index in [1.54, 1.807) is 19.1 Å². The van der Waals surface area contributed by atoms with Gasteiger partial charge in [-0.25, -0.2) is 4.79 Å². The molecule has 0 aliphatic carbocycles. The number of carboxylic acid groups (broad SMARTS) is 1. The van der Waals surface area contributed by atoms with Gasteiger partial charge in [-0.05, 0) is 37.5 Å². The highest BCUT2D eigenvalue weighted by Crippen LogP contribution is 2.27. The second-order valence-corrected chi connectivity index (χ2v) is 4.71. The largest absolute Gasteiger partial charge is 0.479 e.